The van der Waals surface area contributed by atoms with Gasteiger partial charge >= 0.3 is 0 Å². The standard InChI is InChI=1S/C22H21FN4O4S2/c1-14(28)15-4-10-19(11-5-15)33(30,31)27-12-2-3-16(13-27)21-25-26-22(32-21)20(29)24-18-8-6-17(23)7-9-18/h4-11,16H,2-3,12-13H2,1H3,(H,24,29)/t16-/m1/s1. The molecule has 0 unspecified atom stereocenters. The molecule has 1 N–H and O–H groups in total. The minimum atomic E-state index is -3.73. The van der Waals surface area contributed by atoms with E-state index < -0.39 is 21.7 Å². The van der Waals surface area contributed by atoms with Gasteiger partial charge in [-0.1, -0.05) is 23.5 Å². The number of ketones is 1. The molecule has 172 valence electrons. The lowest BCUT2D eigenvalue weighted by atomic mass is 10.0. The van der Waals surface area contributed by atoms with E-state index in [1.54, 1.807) is 0 Å². The summed E-state index contributed by atoms with van der Waals surface area (Å²) in [5.41, 5.74) is 0.884. The fraction of sp³-hybridized carbons (Fsp3) is 0.273. The summed E-state index contributed by atoms with van der Waals surface area (Å²) in [6, 6.07) is 11.3. The number of nitrogens with one attached hydrogen (secondary N) is 1. The van der Waals surface area contributed by atoms with Gasteiger partial charge in [-0.3, -0.25) is 9.59 Å². The van der Waals surface area contributed by atoms with Crippen LogP contribution in [0.5, 0.6) is 0 Å². The topological polar surface area (TPSA) is 109 Å². The van der Waals surface area contributed by atoms with Crippen LogP contribution in [0.25, 0.3) is 0 Å². The van der Waals surface area contributed by atoms with Crippen molar-refractivity contribution in [2.24, 2.45) is 0 Å². The third-order valence-electron chi connectivity index (χ3n) is 5.37. The SMILES string of the molecule is CC(=O)c1ccc(S(=O)(=O)N2CCC[C@@H](c3nnc(C(=O)Nc4ccc(F)cc4)s3)C2)cc1. The van der Waals surface area contributed by atoms with E-state index in [1.807, 2.05) is 0 Å². The molecule has 8 nitrogen and oxygen atoms in total. The summed E-state index contributed by atoms with van der Waals surface area (Å²) in [5, 5.41) is 11.5. The van der Waals surface area contributed by atoms with Gasteiger partial charge in [-0.15, -0.1) is 10.2 Å². The normalized spacial score (nSPS) is 17.0. The molecule has 0 radical (unpaired) electrons. The number of nitrogens with zero attached hydrogens (tertiary/aromatic N) is 3. The van der Waals surface area contributed by atoms with E-state index >= 15 is 0 Å². The number of anilines is 1. The van der Waals surface area contributed by atoms with E-state index in [1.165, 1.54) is 59.8 Å². The van der Waals surface area contributed by atoms with E-state index in [0.717, 1.165) is 17.8 Å². The highest BCUT2D eigenvalue weighted by Crippen LogP contribution is 2.32. The summed E-state index contributed by atoms with van der Waals surface area (Å²) in [5.74, 6) is -1.18. The summed E-state index contributed by atoms with van der Waals surface area (Å²) in [6.07, 6.45) is 1.37. The fourth-order valence-corrected chi connectivity index (χ4v) is 5.97. The van der Waals surface area contributed by atoms with Gasteiger partial charge in [-0.2, -0.15) is 4.31 Å². The molecule has 1 saturated heterocycles. The van der Waals surface area contributed by atoms with Crippen LogP contribution in [0.4, 0.5) is 10.1 Å². The monoisotopic (exact) mass is 488 g/mol. The average molecular weight is 489 g/mol. The summed E-state index contributed by atoms with van der Waals surface area (Å²) >= 11 is 1.12. The molecule has 1 amide bonds. The van der Waals surface area contributed by atoms with Crippen LogP contribution in [-0.2, 0) is 10.0 Å². The maximum absolute atomic E-state index is 13.1. The van der Waals surface area contributed by atoms with Crippen molar-refractivity contribution in [1.29, 1.82) is 0 Å². The number of sulfonamides is 1. The first-order valence-corrected chi connectivity index (χ1v) is 12.5. The molecule has 1 aliphatic rings. The van der Waals surface area contributed by atoms with Gasteiger partial charge in [-0.25, -0.2) is 12.8 Å². The van der Waals surface area contributed by atoms with Crippen LogP contribution in [0.15, 0.2) is 53.4 Å². The Labute approximate surface area is 194 Å². The van der Waals surface area contributed by atoms with Gasteiger partial charge < -0.3 is 5.32 Å². The Morgan fingerprint density at radius 1 is 1.09 bits per heavy atom. The molecule has 2 aromatic carbocycles. The summed E-state index contributed by atoms with van der Waals surface area (Å²) in [7, 11) is -3.73. The largest absolute Gasteiger partial charge is 0.320 e. The van der Waals surface area contributed by atoms with Crippen LogP contribution in [0.2, 0.25) is 0 Å². The molecule has 0 saturated carbocycles. The highest BCUT2D eigenvalue weighted by atomic mass is 32.2. The zero-order chi connectivity index (χ0) is 23.6. The highest BCUT2D eigenvalue weighted by Gasteiger charge is 2.33. The van der Waals surface area contributed by atoms with Crippen molar-refractivity contribution in [1.82, 2.24) is 14.5 Å². The summed E-state index contributed by atoms with van der Waals surface area (Å²) < 4.78 is 40.6. The number of halogens is 1. The lowest BCUT2D eigenvalue weighted by molar-refractivity contribution is 0.101. The third kappa shape index (κ3) is 5.15. The molecule has 0 aliphatic carbocycles. The quantitative estimate of drug-likeness (QED) is 0.530. The Hall–Kier alpha value is -3.02. The number of piperidine rings is 1. The molecule has 0 bridgehead atoms. The van der Waals surface area contributed by atoms with E-state index in [2.05, 4.69) is 15.5 Å². The first-order chi connectivity index (χ1) is 15.7. The van der Waals surface area contributed by atoms with Crippen molar-refractivity contribution < 1.29 is 22.4 Å². The lowest BCUT2D eigenvalue weighted by Crippen LogP contribution is -2.39. The molecule has 1 fully saturated rings. The molecule has 4 rings (SSSR count). The van der Waals surface area contributed by atoms with Crippen LogP contribution in [0.3, 0.4) is 0 Å². The van der Waals surface area contributed by atoms with E-state index in [-0.39, 0.29) is 28.1 Å². The molecule has 1 atom stereocenters. The molecule has 11 heteroatoms. The van der Waals surface area contributed by atoms with Crippen molar-refractivity contribution in [2.75, 3.05) is 18.4 Å². The second kappa shape index (κ2) is 9.46. The maximum atomic E-state index is 13.1. The second-order valence-corrected chi connectivity index (χ2v) is 10.6. The predicted octanol–water partition coefficient (Wildman–Crippen LogP) is 3.70. The predicted molar refractivity (Wildman–Crippen MR) is 121 cm³/mol. The smallest absolute Gasteiger partial charge is 0.286 e. The Kier molecular flexibility index (Phi) is 6.63. The van der Waals surface area contributed by atoms with E-state index in [0.29, 0.717) is 29.2 Å². The summed E-state index contributed by atoms with van der Waals surface area (Å²) in [6.45, 7) is 2.03. The fourth-order valence-electron chi connectivity index (χ4n) is 3.58. The van der Waals surface area contributed by atoms with Crippen LogP contribution < -0.4 is 5.32 Å². The van der Waals surface area contributed by atoms with Crippen molar-refractivity contribution >= 4 is 38.7 Å². The van der Waals surface area contributed by atoms with Gasteiger partial charge in [0.1, 0.15) is 10.8 Å². The minimum Gasteiger partial charge on any atom is -0.320 e. The number of carbonyl (C=O) groups excluding carboxylic acids is 2. The molecular formula is C22H21FN4O4S2. The van der Waals surface area contributed by atoms with Crippen molar-refractivity contribution in [3.05, 3.63) is 69.9 Å². The molecule has 3 aromatic rings. The van der Waals surface area contributed by atoms with Crippen LogP contribution >= 0.6 is 11.3 Å². The number of Topliss-reactive ketones (excluding diaryl/α,β-unsaturated/α-hetero) is 1. The van der Waals surface area contributed by atoms with Crippen molar-refractivity contribution in [3.63, 3.8) is 0 Å². The third-order valence-corrected chi connectivity index (χ3v) is 8.33. The molecule has 0 spiro atoms. The van der Waals surface area contributed by atoms with Gasteiger partial charge in [-0.05, 0) is 56.2 Å². The molecule has 33 heavy (non-hydrogen) atoms. The second-order valence-electron chi connectivity index (χ2n) is 7.69. The number of carbonyl (C=O) groups is 2. The first-order valence-electron chi connectivity index (χ1n) is 10.3. The molecular weight excluding hydrogens is 467 g/mol. The van der Waals surface area contributed by atoms with Crippen LogP contribution in [0, 0.1) is 5.82 Å². The van der Waals surface area contributed by atoms with Crippen molar-refractivity contribution in [2.45, 2.75) is 30.6 Å². The zero-order valence-corrected chi connectivity index (χ0v) is 19.3. The Morgan fingerprint density at radius 2 is 1.79 bits per heavy atom. The Bertz CT molecular complexity index is 1270. The van der Waals surface area contributed by atoms with E-state index in [9.17, 15) is 22.4 Å². The van der Waals surface area contributed by atoms with Gasteiger partial charge in [0.15, 0.2) is 5.78 Å². The first kappa shape index (κ1) is 23.1. The number of rotatable bonds is 6. The number of hydrogen-bond acceptors (Lipinski definition) is 7. The van der Waals surface area contributed by atoms with Gasteiger partial charge in [0.25, 0.3) is 5.91 Å². The highest BCUT2D eigenvalue weighted by molar-refractivity contribution is 7.89. The Balaban J connectivity index is 1.46. The minimum absolute atomic E-state index is 0.129. The van der Waals surface area contributed by atoms with Crippen LogP contribution in [0.1, 0.15) is 50.9 Å². The van der Waals surface area contributed by atoms with E-state index in [4.69, 9.17) is 0 Å². The van der Waals surface area contributed by atoms with Gasteiger partial charge in [0.2, 0.25) is 15.0 Å². The number of aromatic nitrogens is 2. The lowest BCUT2D eigenvalue weighted by Gasteiger charge is -2.30. The van der Waals surface area contributed by atoms with Gasteiger partial charge in [0.05, 0.1) is 4.90 Å². The number of amides is 1. The van der Waals surface area contributed by atoms with Gasteiger partial charge in [0, 0.05) is 30.3 Å². The summed E-state index contributed by atoms with van der Waals surface area (Å²) in [4.78, 5) is 24.0. The molecule has 2 heterocycles. The maximum Gasteiger partial charge on any atom is 0.286 e. The molecule has 1 aliphatic heterocycles. The number of benzene rings is 2. The Morgan fingerprint density at radius 3 is 2.45 bits per heavy atom. The molecule has 1 aromatic heterocycles. The van der Waals surface area contributed by atoms with Crippen LogP contribution in [-0.4, -0.2) is 47.7 Å². The average Bonchev–Trinajstić information content (AvgIpc) is 3.31. The zero-order valence-electron chi connectivity index (χ0n) is 17.7. The number of hydrogen-bond donors (Lipinski definition) is 1. The van der Waals surface area contributed by atoms with Crippen molar-refractivity contribution in [3.8, 4) is 0 Å².